The molecule has 3 amide bonds. The summed E-state index contributed by atoms with van der Waals surface area (Å²) in [5.41, 5.74) is 6.66. The number of rotatable bonds is 5. The van der Waals surface area contributed by atoms with Gasteiger partial charge in [0.1, 0.15) is 22.8 Å². The number of hydrogen-bond donors (Lipinski definition) is 6. The molecule has 3 aliphatic carbocycles. The molecule has 4 aliphatic rings. The van der Waals surface area contributed by atoms with Crippen LogP contribution in [0.25, 0.3) is 0 Å². The Kier molecular flexibility index (Phi) is 6.67. The van der Waals surface area contributed by atoms with Crippen molar-refractivity contribution in [1.82, 2.24) is 5.32 Å². The summed E-state index contributed by atoms with van der Waals surface area (Å²) in [5.74, 6) is -4.93. The van der Waals surface area contributed by atoms with Crippen LogP contribution in [0.15, 0.2) is 46.9 Å². The molecule has 0 spiro atoms. The van der Waals surface area contributed by atoms with E-state index < -0.39 is 58.3 Å². The largest absolute Gasteiger partial charge is 0.511 e. The fourth-order valence-corrected chi connectivity index (χ4v) is 6.60. The van der Waals surface area contributed by atoms with Crippen LogP contribution in [-0.4, -0.2) is 59.7 Å². The lowest BCUT2D eigenvalue weighted by Crippen LogP contribution is -2.43. The highest BCUT2D eigenvalue weighted by Gasteiger charge is 2.50. The van der Waals surface area contributed by atoms with E-state index in [0.29, 0.717) is 34.9 Å². The molecule has 1 aliphatic heterocycles. The van der Waals surface area contributed by atoms with Gasteiger partial charge in [0.15, 0.2) is 23.1 Å². The van der Waals surface area contributed by atoms with Crippen molar-refractivity contribution in [3.8, 4) is 17.2 Å². The number of benzene rings is 2. The van der Waals surface area contributed by atoms with Gasteiger partial charge in [-0.3, -0.25) is 14.4 Å². The normalized spacial score (nSPS) is 22.0. The highest BCUT2D eigenvalue weighted by molar-refractivity contribution is 6.22. The van der Waals surface area contributed by atoms with Gasteiger partial charge < -0.3 is 46.1 Å². The number of nitrogens with one attached hydrogen (secondary N) is 2. The zero-order chi connectivity index (χ0) is 30.7. The van der Waals surface area contributed by atoms with Crippen LogP contribution in [0.3, 0.4) is 0 Å². The zero-order valence-corrected chi connectivity index (χ0v) is 23.4. The van der Waals surface area contributed by atoms with Crippen molar-refractivity contribution in [2.24, 2.45) is 23.5 Å². The Balaban J connectivity index is 1.30. The Morgan fingerprint density at radius 3 is 2.53 bits per heavy atom. The van der Waals surface area contributed by atoms with Crippen molar-refractivity contribution in [2.45, 2.75) is 25.8 Å². The maximum absolute atomic E-state index is 14.0. The molecule has 2 aromatic carbocycles. The van der Waals surface area contributed by atoms with E-state index in [2.05, 4.69) is 10.6 Å². The van der Waals surface area contributed by atoms with E-state index in [0.717, 1.165) is 0 Å². The Morgan fingerprint density at radius 1 is 1.07 bits per heavy atom. The van der Waals surface area contributed by atoms with E-state index in [1.807, 2.05) is 0 Å². The number of aliphatic hydroxyl groups is 2. The molecule has 0 saturated carbocycles. The first-order valence-corrected chi connectivity index (χ1v) is 13.7. The molecule has 0 saturated heterocycles. The van der Waals surface area contributed by atoms with Crippen LogP contribution in [-0.2, 0) is 22.6 Å². The molecule has 0 radical (unpaired) electrons. The summed E-state index contributed by atoms with van der Waals surface area (Å²) in [7, 11) is 3.57. The van der Waals surface area contributed by atoms with Gasteiger partial charge in [0, 0.05) is 55.6 Å². The number of nitrogens with two attached hydrogens (primary N) is 1. The van der Waals surface area contributed by atoms with Crippen LogP contribution in [0.1, 0.15) is 34.3 Å². The number of ketones is 2. The molecule has 0 bridgehead atoms. The number of fused-ring (bicyclic) bond motifs is 4. The Labute approximate surface area is 245 Å². The fourth-order valence-electron chi connectivity index (χ4n) is 6.60. The molecule has 13 nitrogen and oxygen atoms in total. The summed E-state index contributed by atoms with van der Waals surface area (Å²) in [6.07, 6.45) is 0.548. The average Bonchev–Trinajstić information content (AvgIpc) is 3.39. The van der Waals surface area contributed by atoms with Gasteiger partial charge in [-0.25, -0.2) is 4.79 Å². The summed E-state index contributed by atoms with van der Waals surface area (Å²) in [6.45, 7) is -0.0369. The zero-order valence-electron chi connectivity index (χ0n) is 23.4. The van der Waals surface area contributed by atoms with Crippen LogP contribution in [0.5, 0.6) is 17.2 Å². The minimum atomic E-state index is -1.20. The number of aromatic hydroxyl groups is 1. The van der Waals surface area contributed by atoms with Gasteiger partial charge >= 0.3 is 6.03 Å². The second-order valence-corrected chi connectivity index (χ2v) is 11.3. The summed E-state index contributed by atoms with van der Waals surface area (Å²) < 4.78 is 10.6. The molecule has 0 aromatic heterocycles. The van der Waals surface area contributed by atoms with E-state index in [1.165, 1.54) is 0 Å². The summed E-state index contributed by atoms with van der Waals surface area (Å²) >= 11 is 0. The second kappa shape index (κ2) is 10.3. The smallest absolute Gasteiger partial charge is 0.319 e. The quantitative estimate of drug-likeness (QED) is 0.281. The van der Waals surface area contributed by atoms with Gasteiger partial charge in [0.25, 0.3) is 5.91 Å². The molecule has 3 atom stereocenters. The number of ether oxygens (including phenoxy) is 2. The number of allylic oxidation sites excluding steroid dienone is 3. The molecule has 7 N–H and O–H groups in total. The number of aliphatic hydroxyl groups excluding tert-OH is 2. The third kappa shape index (κ3) is 4.57. The number of carbonyl (C=O) groups is 4. The predicted molar refractivity (Wildman–Crippen MR) is 152 cm³/mol. The number of nitrogens with zero attached hydrogens (tertiary/aromatic N) is 1. The monoisotopic (exact) mass is 590 g/mol. The highest BCUT2D eigenvalue weighted by Crippen LogP contribution is 2.51. The summed E-state index contributed by atoms with van der Waals surface area (Å²) in [6, 6.07) is 6.07. The van der Waals surface area contributed by atoms with E-state index in [-0.39, 0.29) is 48.6 Å². The standard InChI is InChI=1S/C30H30N4O9/c1-34(2)17-7-14(10-32-30(41)33-15-3-4-19-20(9-15)43-11-42-19)25(36)23-16(17)6-12-5-13-8-18(35)24(29(31)40)28(39)22(13)26(37)21(12)27(23)38/h3-4,7,9,12-13,22,35-37H,5-6,8,10-11H2,1-2H3,(H2,31,40)(H2,32,33,41). The molecule has 0 fully saturated rings. The van der Waals surface area contributed by atoms with E-state index in [1.54, 1.807) is 43.3 Å². The Bertz CT molecular complexity index is 1680. The molecule has 3 unspecified atom stereocenters. The molecule has 6 rings (SSSR count). The lowest BCUT2D eigenvalue weighted by atomic mass is 9.62. The number of phenols is 1. The molecular weight excluding hydrogens is 560 g/mol. The molecule has 13 heteroatoms. The number of anilines is 2. The number of Topliss-reactive ketones (excluding diaryl/α,β-unsaturated/α-hetero) is 2. The van der Waals surface area contributed by atoms with Crippen LogP contribution < -0.4 is 30.7 Å². The SMILES string of the molecule is CN(C)c1cc(CNC(=O)Nc2ccc3c(c2)OCO3)c(O)c2c1CC1CC3CC(O)=C(C(N)=O)C(=O)C3C(O)=C1C2=O. The van der Waals surface area contributed by atoms with E-state index in [9.17, 15) is 34.5 Å². The maximum Gasteiger partial charge on any atom is 0.319 e. The van der Waals surface area contributed by atoms with Crippen LogP contribution >= 0.6 is 0 Å². The van der Waals surface area contributed by atoms with Crippen molar-refractivity contribution < 1.29 is 44.0 Å². The van der Waals surface area contributed by atoms with E-state index >= 15 is 0 Å². The first kappa shape index (κ1) is 27.9. The minimum absolute atomic E-state index is 0.00187. The van der Waals surface area contributed by atoms with Gasteiger partial charge in [-0.2, -0.15) is 0 Å². The van der Waals surface area contributed by atoms with Crippen LogP contribution in [0.2, 0.25) is 0 Å². The number of urea groups is 1. The molecule has 2 aromatic rings. The predicted octanol–water partition coefficient (Wildman–Crippen LogP) is 2.58. The molecule has 43 heavy (non-hydrogen) atoms. The second-order valence-electron chi connectivity index (χ2n) is 11.3. The van der Waals surface area contributed by atoms with Gasteiger partial charge in [0.05, 0.1) is 11.5 Å². The van der Waals surface area contributed by atoms with Gasteiger partial charge in [-0.1, -0.05) is 0 Å². The van der Waals surface area contributed by atoms with Crippen molar-refractivity contribution in [1.29, 1.82) is 0 Å². The van der Waals surface area contributed by atoms with Crippen molar-refractivity contribution >= 4 is 34.9 Å². The van der Waals surface area contributed by atoms with Crippen molar-refractivity contribution in [3.05, 3.63) is 63.6 Å². The molecule has 1 heterocycles. The highest BCUT2D eigenvalue weighted by atomic mass is 16.7. The third-order valence-corrected chi connectivity index (χ3v) is 8.49. The number of carbonyl (C=O) groups excluding carboxylic acids is 4. The number of primary amides is 1. The average molecular weight is 591 g/mol. The first-order valence-electron chi connectivity index (χ1n) is 13.7. The topological polar surface area (TPSA) is 201 Å². The number of hydrogen-bond acceptors (Lipinski definition) is 10. The lowest BCUT2D eigenvalue weighted by molar-refractivity contribution is -0.126. The summed E-state index contributed by atoms with van der Waals surface area (Å²) in [4.78, 5) is 53.4. The Morgan fingerprint density at radius 2 is 1.81 bits per heavy atom. The van der Waals surface area contributed by atoms with Gasteiger partial charge in [0.2, 0.25) is 6.79 Å². The number of amides is 3. The van der Waals surface area contributed by atoms with E-state index in [4.69, 9.17) is 15.2 Å². The van der Waals surface area contributed by atoms with Gasteiger partial charge in [-0.05, 0) is 48.4 Å². The first-order chi connectivity index (χ1) is 20.5. The lowest BCUT2D eigenvalue weighted by Gasteiger charge is -2.41. The summed E-state index contributed by atoms with van der Waals surface area (Å²) in [5, 5.41) is 38.3. The van der Waals surface area contributed by atoms with Crippen LogP contribution in [0, 0.1) is 17.8 Å². The Hall–Kier alpha value is -5.20. The fraction of sp³-hybridized carbons (Fsp3) is 0.333. The molecular formula is C30H30N4O9. The van der Waals surface area contributed by atoms with Crippen molar-refractivity contribution in [2.75, 3.05) is 31.1 Å². The molecule has 224 valence electrons. The van der Waals surface area contributed by atoms with Crippen LogP contribution in [0.4, 0.5) is 16.2 Å². The van der Waals surface area contributed by atoms with Gasteiger partial charge in [-0.15, -0.1) is 0 Å². The maximum atomic E-state index is 14.0. The van der Waals surface area contributed by atoms with Crippen molar-refractivity contribution in [3.63, 3.8) is 0 Å². The minimum Gasteiger partial charge on any atom is -0.511 e. The third-order valence-electron chi connectivity index (χ3n) is 8.49. The number of phenolic OH excluding ortho intramolecular Hbond substituents is 1.